The van der Waals surface area contributed by atoms with E-state index in [2.05, 4.69) is 11.0 Å². The van der Waals surface area contributed by atoms with Gasteiger partial charge in [-0.05, 0) is 49.7 Å². The number of carbonyl (C=O) groups excluding carboxylic acids is 1. The second-order valence-electron chi connectivity index (χ2n) is 4.85. The zero-order chi connectivity index (χ0) is 15.4. The second-order valence-corrected chi connectivity index (χ2v) is 4.85. The first-order valence-electron chi connectivity index (χ1n) is 6.89. The van der Waals surface area contributed by atoms with E-state index in [4.69, 9.17) is 10.5 Å². The summed E-state index contributed by atoms with van der Waals surface area (Å²) in [5.41, 5.74) is 9.81. The van der Waals surface area contributed by atoms with Crippen molar-refractivity contribution in [1.29, 1.82) is 0 Å². The molecule has 0 heterocycles. The molecule has 4 nitrogen and oxygen atoms in total. The highest BCUT2D eigenvalue weighted by molar-refractivity contribution is 5.98. The third-order valence-corrected chi connectivity index (χ3v) is 3.35. The van der Waals surface area contributed by atoms with Gasteiger partial charge in [0.15, 0.2) is 0 Å². The average Bonchev–Trinajstić information content (AvgIpc) is 2.48. The van der Waals surface area contributed by atoms with E-state index in [-0.39, 0.29) is 5.97 Å². The summed E-state index contributed by atoms with van der Waals surface area (Å²) in [5.74, 6) is -0.386. The number of nitrogen functional groups attached to an aromatic ring is 1. The molecule has 0 saturated carbocycles. The fourth-order valence-electron chi connectivity index (χ4n) is 2.35. The van der Waals surface area contributed by atoms with Crippen molar-refractivity contribution in [1.82, 2.24) is 0 Å². The number of anilines is 3. The Morgan fingerprint density at radius 3 is 2.62 bits per heavy atom. The van der Waals surface area contributed by atoms with Crippen molar-refractivity contribution in [2.45, 2.75) is 13.8 Å². The largest absolute Gasteiger partial charge is 0.465 e. The van der Waals surface area contributed by atoms with E-state index in [1.54, 1.807) is 12.1 Å². The molecule has 0 fully saturated rings. The van der Waals surface area contributed by atoms with Crippen molar-refractivity contribution in [3.05, 3.63) is 53.6 Å². The molecule has 2 N–H and O–H groups in total. The lowest BCUT2D eigenvalue weighted by molar-refractivity contribution is 0.0601. The van der Waals surface area contributed by atoms with Gasteiger partial charge in [-0.1, -0.05) is 12.1 Å². The number of benzene rings is 2. The normalized spacial score (nSPS) is 10.2. The SMILES string of the molecule is CCN(c1cccc(C)c1)c1ccc(N)cc1C(=O)OC. The van der Waals surface area contributed by atoms with Crippen molar-refractivity contribution in [3.63, 3.8) is 0 Å². The Morgan fingerprint density at radius 1 is 1.24 bits per heavy atom. The summed E-state index contributed by atoms with van der Waals surface area (Å²) in [7, 11) is 1.37. The van der Waals surface area contributed by atoms with Crippen LogP contribution in [0.15, 0.2) is 42.5 Å². The molecule has 0 spiro atoms. The maximum Gasteiger partial charge on any atom is 0.340 e. The van der Waals surface area contributed by atoms with Crippen LogP contribution in [0.4, 0.5) is 17.1 Å². The van der Waals surface area contributed by atoms with Gasteiger partial charge >= 0.3 is 5.97 Å². The van der Waals surface area contributed by atoms with Gasteiger partial charge in [0.25, 0.3) is 0 Å². The molecule has 2 aromatic carbocycles. The van der Waals surface area contributed by atoms with E-state index in [1.807, 2.05) is 38.1 Å². The molecule has 4 heteroatoms. The highest BCUT2D eigenvalue weighted by Gasteiger charge is 2.18. The monoisotopic (exact) mass is 284 g/mol. The van der Waals surface area contributed by atoms with Gasteiger partial charge in [-0.15, -0.1) is 0 Å². The second kappa shape index (κ2) is 6.31. The number of aryl methyl sites for hydroxylation is 1. The topological polar surface area (TPSA) is 55.6 Å². The van der Waals surface area contributed by atoms with Gasteiger partial charge in [-0.2, -0.15) is 0 Å². The standard InChI is InChI=1S/C17H20N2O2/c1-4-19(14-7-5-6-12(2)10-14)16-9-8-13(18)11-15(16)17(20)21-3/h5-11H,4,18H2,1-3H3. The average molecular weight is 284 g/mol. The summed E-state index contributed by atoms with van der Waals surface area (Å²) < 4.78 is 4.87. The van der Waals surface area contributed by atoms with Crippen LogP contribution in [0.2, 0.25) is 0 Å². The Balaban J connectivity index is 2.54. The third-order valence-electron chi connectivity index (χ3n) is 3.35. The minimum absolute atomic E-state index is 0.386. The van der Waals surface area contributed by atoms with Crippen LogP contribution in [0, 0.1) is 6.92 Å². The van der Waals surface area contributed by atoms with Gasteiger partial charge in [0.2, 0.25) is 0 Å². The van der Waals surface area contributed by atoms with Crippen LogP contribution in [0.3, 0.4) is 0 Å². The fourth-order valence-corrected chi connectivity index (χ4v) is 2.35. The number of nitrogens with zero attached hydrogens (tertiary/aromatic N) is 1. The Hall–Kier alpha value is -2.49. The first-order chi connectivity index (χ1) is 10.1. The van der Waals surface area contributed by atoms with E-state index < -0.39 is 0 Å². The van der Waals surface area contributed by atoms with Crippen molar-refractivity contribution in [3.8, 4) is 0 Å². The maximum absolute atomic E-state index is 12.0. The van der Waals surface area contributed by atoms with E-state index in [1.165, 1.54) is 12.7 Å². The zero-order valence-corrected chi connectivity index (χ0v) is 12.6. The minimum Gasteiger partial charge on any atom is -0.465 e. The van der Waals surface area contributed by atoms with E-state index in [0.717, 1.165) is 17.9 Å². The molecule has 0 radical (unpaired) electrons. The lowest BCUT2D eigenvalue weighted by atomic mass is 10.1. The van der Waals surface area contributed by atoms with Gasteiger partial charge in [0, 0.05) is 17.9 Å². The van der Waals surface area contributed by atoms with Crippen molar-refractivity contribution in [2.75, 3.05) is 24.3 Å². The highest BCUT2D eigenvalue weighted by atomic mass is 16.5. The fraction of sp³-hybridized carbons (Fsp3) is 0.235. The molecule has 2 rings (SSSR count). The van der Waals surface area contributed by atoms with Crippen LogP contribution in [0.5, 0.6) is 0 Å². The number of methoxy groups -OCH3 is 1. The van der Waals surface area contributed by atoms with Gasteiger partial charge in [-0.25, -0.2) is 4.79 Å². The van der Waals surface area contributed by atoms with Crippen LogP contribution < -0.4 is 10.6 Å². The third kappa shape index (κ3) is 3.16. The van der Waals surface area contributed by atoms with Crippen LogP contribution in [-0.2, 0) is 4.74 Å². The number of carbonyl (C=O) groups is 1. The number of nitrogens with two attached hydrogens (primary N) is 1. The zero-order valence-electron chi connectivity index (χ0n) is 12.6. The van der Waals surface area contributed by atoms with Crippen LogP contribution >= 0.6 is 0 Å². The molecule has 21 heavy (non-hydrogen) atoms. The summed E-state index contributed by atoms with van der Waals surface area (Å²) in [4.78, 5) is 14.1. The summed E-state index contributed by atoms with van der Waals surface area (Å²) in [5, 5.41) is 0. The van der Waals surface area contributed by atoms with Gasteiger partial charge in [0.1, 0.15) is 0 Å². The Bertz CT molecular complexity index is 653. The molecular formula is C17H20N2O2. The predicted molar refractivity (Wildman–Crippen MR) is 86.1 cm³/mol. The van der Waals surface area contributed by atoms with Crippen molar-refractivity contribution < 1.29 is 9.53 Å². The van der Waals surface area contributed by atoms with Crippen LogP contribution in [0.1, 0.15) is 22.8 Å². The lowest BCUT2D eigenvalue weighted by Crippen LogP contribution is -2.20. The Labute approximate surface area is 125 Å². The molecule has 0 aliphatic carbocycles. The summed E-state index contributed by atoms with van der Waals surface area (Å²) >= 11 is 0. The van der Waals surface area contributed by atoms with Gasteiger partial charge < -0.3 is 15.4 Å². The maximum atomic E-state index is 12.0. The Kier molecular flexibility index (Phi) is 4.48. The first-order valence-corrected chi connectivity index (χ1v) is 6.89. The predicted octanol–water partition coefficient (Wildman–Crippen LogP) is 3.52. The van der Waals surface area contributed by atoms with Crippen LogP contribution in [0.25, 0.3) is 0 Å². The summed E-state index contributed by atoms with van der Waals surface area (Å²) in [6.07, 6.45) is 0. The lowest BCUT2D eigenvalue weighted by Gasteiger charge is -2.25. The molecule has 110 valence electrons. The van der Waals surface area contributed by atoms with Crippen molar-refractivity contribution >= 4 is 23.0 Å². The molecule has 0 aromatic heterocycles. The quantitative estimate of drug-likeness (QED) is 0.689. The molecule has 2 aromatic rings. The number of hydrogen-bond donors (Lipinski definition) is 1. The van der Waals surface area contributed by atoms with Crippen LogP contribution in [-0.4, -0.2) is 19.6 Å². The molecule has 0 aliphatic heterocycles. The number of rotatable bonds is 4. The van der Waals surface area contributed by atoms with Crippen molar-refractivity contribution in [2.24, 2.45) is 0 Å². The first kappa shape index (κ1) is 14.9. The van der Waals surface area contributed by atoms with Gasteiger partial charge in [-0.3, -0.25) is 0 Å². The minimum atomic E-state index is -0.386. The number of ether oxygens (including phenoxy) is 1. The molecule has 0 saturated heterocycles. The van der Waals surface area contributed by atoms with Gasteiger partial charge in [0.05, 0.1) is 18.4 Å². The smallest absolute Gasteiger partial charge is 0.340 e. The molecule has 0 aliphatic rings. The molecule has 0 unspecified atom stereocenters. The molecule has 0 bridgehead atoms. The summed E-state index contributed by atoms with van der Waals surface area (Å²) in [6, 6.07) is 13.5. The molecular weight excluding hydrogens is 264 g/mol. The number of esters is 1. The Morgan fingerprint density at radius 2 is 2.00 bits per heavy atom. The van der Waals surface area contributed by atoms with E-state index >= 15 is 0 Å². The number of hydrogen-bond acceptors (Lipinski definition) is 4. The summed E-state index contributed by atoms with van der Waals surface area (Å²) in [6.45, 7) is 4.82. The molecule has 0 amide bonds. The highest BCUT2D eigenvalue weighted by Crippen LogP contribution is 2.30. The van der Waals surface area contributed by atoms with E-state index in [0.29, 0.717) is 11.3 Å². The van der Waals surface area contributed by atoms with E-state index in [9.17, 15) is 4.79 Å². The molecule has 0 atom stereocenters.